The number of piperazine rings is 1. The molecule has 0 radical (unpaired) electrons. The number of nitrogens with zero attached hydrogens (tertiary/aromatic N) is 2. The number of rotatable bonds is 7. The van der Waals surface area contributed by atoms with E-state index in [-0.39, 0.29) is 5.91 Å². The summed E-state index contributed by atoms with van der Waals surface area (Å²) >= 11 is 3.46. The first-order chi connectivity index (χ1) is 13.2. The van der Waals surface area contributed by atoms with Gasteiger partial charge in [0.15, 0.2) is 0 Å². The second-order valence-electron chi connectivity index (χ2n) is 6.54. The molecule has 2 aromatic rings. The van der Waals surface area contributed by atoms with Crippen LogP contribution >= 0.6 is 15.9 Å². The summed E-state index contributed by atoms with van der Waals surface area (Å²) in [4.78, 5) is 17.3. The lowest BCUT2D eigenvalue weighted by Crippen LogP contribution is -2.48. The van der Waals surface area contributed by atoms with Crippen LogP contribution in [0.4, 0.5) is 0 Å². The van der Waals surface area contributed by atoms with Crippen LogP contribution < -0.4 is 4.74 Å². The topological polar surface area (TPSA) is 42.0 Å². The lowest BCUT2D eigenvalue weighted by Gasteiger charge is -2.35. The van der Waals surface area contributed by atoms with Crippen LogP contribution in [0.15, 0.2) is 53.0 Å². The van der Waals surface area contributed by atoms with Crippen molar-refractivity contribution in [2.45, 2.75) is 6.54 Å². The molecule has 0 bridgehead atoms. The third-order valence-electron chi connectivity index (χ3n) is 4.63. The van der Waals surface area contributed by atoms with E-state index in [4.69, 9.17) is 9.47 Å². The highest BCUT2D eigenvalue weighted by atomic mass is 79.9. The summed E-state index contributed by atoms with van der Waals surface area (Å²) in [6, 6.07) is 16.0. The molecule has 1 aliphatic heterocycles. The van der Waals surface area contributed by atoms with E-state index >= 15 is 0 Å². The number of hydrogen-bond donors (Lipinski definition) is 0. The van der Waals surface area contributed by atoms with Crippen LogP contribution in [0.2, 0.25) is 0 Å². The highest BCUT2D eigenvalue weighted by Gasteiger charge is 2.24. The summed E-state index contributed by atoms with van der Waals surface area (Å²) in [6.45, 7) is 5.00. The molecule has 0 spiro atoms. The summed E-state index contributed by atoms with van der Waals surface area (Å²) in [5.74, 6) is 0.620. The zero-order chi connectivity index (χ0) is 19.1. The van der Waals surface area contributed by atoms with Crippen molar-refractivity contribution in [3.63, 3.8) is 0 Å². The molecule has 0 saturated carbocycles. The van der Waals surface area contributed by atoms with Crippen molar-refractivity contribution in [1.82, 2.24) is 9.80 Å². The number of halogens is 1. The van der Waals surface area contributed by atoms with E-state index in [9.17, 15) is 4.79 Å². The van der Waals surface area contributed by atoms with Crippen LogP contribution in [0.3, 0.4) is 0 Å². The summed E-state index contributed by atoms with van der Waals surface area (Å²) in [7, 11) is 1.63. The molecule has 0 aliphatic carbocycles. The molecule has 1 saturated heterocycles. The van der Waals surface area contributed by atoms with Gasteiger partial charge in [0.05, 0.1) is 12.2 Å². The second-order valence-corrected chi connectivity index (χ2v) is 7.45. The number of hydrogen-bond acceptors (Lipinski definition) is 4. The lowest BCUT2D eigenvalue weighted by molar-refractivity contribution is 0.0622. The maximum Gasteiger partial charge on any atom is 0.257 e. The molecule has 144 valence electrons. The van der Waals surface area contributed by atoms with Crippen molar-refractivity contribution >= 4 is 21.8 Å². The van der Waals surface area contributed by atoms with E-state index in [1.54, 1.807) is 7.11 Å². The number of carbonyl (C=O) groups excluding carboxylic acids is 1. The van der Waals surface area contributed by atoms with Gasteiger partial charge in [-0.2, -0.15) is 0 Å². The summed E-state index contributed by atoms with van der Waals surface area (Å²) < 4.78 is 11.6. The van der Waals surface area contributed by atoms with Crippen LogP contribution in [0.5, 0.6) is 5.75 Å². The number of ether oxygens (including phenoxy) is 2. The van der Waals surface area contributed by atoms with Gasteiger partial charge in [0, 0.05) is 44.3 Å². The Hall–Kier alpha value is -1.89. The number of benzene rings is 2. The molecule has 0 atom stereocenters. The molecule has 0 aromatic heterocycles. The van der Waals surface area contributed by atoms with Gasteiger partial charge in [-0.3, -0.25) is 9.69 Å². The Kier molecular flexibility index (Phi) is 7.26. The lowest BCUT2D eigenvalue weighted by atomic mass is 10.1. The minimum absolute atomic E-state index is 0.0167. The predicted molar refractivity (Wildman–Crippen MR) is 109 cm³/mol. The maximum atomic E-state index is 13.0. The van der Waals surface area contributed by atoms with E-state index in [1.165, 1.54) is 5.56 Å². The van der Waals surface area contributed by atoms with Gasteiger partial charge in [0.2, 0.25) is 0 Å². The SMILES string of the molecule is COCCOc1ccc(Br)cc1C(=O)N1CCN(Cc2ccccc2)CC1. The molecule has 1 amide bonds. The Balaban J connectivity index is 1.61. The van der Waals surface area contributed by atoms with E-state index in [0.29, 0.717) is 24.5 Å². The van der Waals surface area contributed by atoms with Gasteiger partial charge < -0.3 is 14.4 Å². The van der Waals surface area contributed by atoms with Crippen molar-refractivity contribution in [2.24, 2.45) is 0 Å². The minimum Gasteiger partial charge on any atom is -0.490 e. The third kappa shape index (κ3) is 5.54. The zero-order valence-corrected chi connectivity index (χ0v) is 17.2. The molecular formula is C21H25BrN2O3. The minimum atomic E-state index is 0.0167. The molecule has 0 N–H and O–H groups in total. The fraction of sp³-hybridized carbons (Fsp3) is 0.381. The van der Waals surface area contributed by atoms with Gasteiger partial charge >= 0.3 is 0 Å². The summed E-state index contributed by atoms with van der Waals surface area (Å²) in [6.07, 6.45) is 0. The first kappa shape index (κ1) is 19.9. The Labute approximate surface area is 169 Å². The van der Waals surface area contributed by atoms with E-state index in [2.05, 4.69) is 45.1 Å². The summed E-state index contributed by atoms with van der Waals surface area (Å²) in [5.41, 5.74) is 1.90. The number of carbonyl (C=O) groups is 1. The van der Waals surface area contributed by atoms with Crippen molar-refractivity contribution in [1.29, 1.82) is 0 Å². The van der Waals surface area contributed by atoms with Crippen LogP contribution in [-0.2, 0) is 11.3 Å². The Morgan fingerprint density at radius 2 is 1.78 bits per heavy atom. The van der Waals surface area contributed by atoms with Crippen LogP contribution in [0.25, 0.3) is 0 Å². The second kappa shape index (κ2) is 9.88. The van der Waals surface area contributed by atoms with Crippen molar-refractivity contribution < 1.29 is 14.3 Å². The Morgan fingerprint density at radius 1 is 1.04 bits per heavy atom. The highest BCUT2D eigenvalue weighted by Crippen LogP contribution is 2.25. The predicted octanol–water partition coefficient (Wildman–Crippen LogP) is 3.43. The van der Waals surface area contributed by atoms with E-state index in [1.807, 2.05) is 29.2 Å². The fourth-order valence-corrected chi connectivity index (χ4v) is 3.51. The van der Waals surface area contributed by atoms with Gasteiger partial charge in [-0.1, -0.05) is 46.3 Å². The molecule has 27 heavy (non-hydrogen) atoms. The number of amides is 1. The molecular weight excluding hydrogens is 408 g/mol. The van der Waals surface area contributed by atoms with Crippen molar-refractivity contribution in [3.8, 4) is 5.75 Å². The average molecular weight is 433 g/mol. The van der Waals surface area contributed by atoms with Gasteiger partial charge in [-0.05, 0) is 23.8 Å². The standard InChI is InChI=1S/C21H25BrN2O3/c1-26-13-14-27-20-8-7-18(22)15-19(20)21(25)24-11-9-23(10-12-24)16-17-5-3-2-4-6-17/h2-8,15H,9-14,16H2,1H3. The summed E-state index contributed by atoms with van der Waals surface area (Å²) in [5, 5.41) is 0. The molecule has 2 aromatic carbocycles. The molecule has 3 rings (SSSR count). The van der Waals surface area contributed by atoms with Crippen molar-refractivity contribution in [2.75, 3.05) is 46.5 Å². The van der Waals surface area contributed by atoms with Gasteiger partial charge in [-0.15, -0.1) is 0 Å². The van der Waals surface area contributed by atoms with E-state index in [0.717, 1.165) is 37.2 Å². The van der Waals surface area contributed by atoms with E-state index < -0.39 is 0 Å². The third-order valence-corrected chi connectivity index (χ3v) is 5.12. The molecule has 1 heterocycles. The molecule has 6 heteroatoms. The molecule has 1 aliphatic rings. The maximum absolute atomic E-state index is 13.0. The molecule has 0 unspecified atom stereocenters. The van der Waals surface area contributed by atoms with Gasteiger partial charge in [0.1, 0.15) is 12.4 Å². The van der Waals surface area contributed by atoms with Gasteiger partial charge in [-0.25, -0.2) is 0 Å². The average Bonchev–Trinajstić information content (AvgIpc) is 2.70. The fourth-order valence-electron chi connectivity index (χ4n) is 3.15. The number of methoxy groups -OCH3 is 1. The Morgan fingerprint density at radius 3 is 2.48 bits per heavy atom. The normalized spacial score (nSPS) is 15.0. The van der Waals surface area contributed by atoms with Crippen LogP contribution in [-0.4, -0.2) is 62.2 Å². The molecule has 1 fully saturated rings. The largest absolute Gasteiger partial charge is 0.490 e. The zero-order valence-electron chi connectivity index (χ0n) is 15.6. The van der Waals surface area contributed by atoms with Crippen molar-refractivity contribution in [3.05, 3.63) is 64.1 Å². The highest BCUT2D eigenvalue weighted by molar-refractivity contribution is 9.10. The first-order valence-corrected chi connectivity index (χ1v) is 9.93. The Bertz CT molecular complexity index is 746. The van der Waals surface area contributed by atoms with Crippen LogP contribution in [0, 0.1) is 0 Å². The van der Waals surface area contributed by atoms with Crippen LogP contribution in [0.1, 0.15) is 15.9 Å². The quantitative estimate of drug-likeness (QED) is 0.628. The first-order valence-electron chi connectivity index (χ1n) is 9.14. The monoisotopic (exact) mass is 432 g/mol. The molecule has 5 nitrogen and oxygen atoms in total. The van der Waals surface area contributed by atoms with Gasteiger partial charge in [0.25, 0.3) is 5.91 Å². The smallest absolute Gasteiger partial charge is 0.257 e.